The second kappa shape index (κ2) is 5.82. The van der Waals surface area contributed by atoms with Gasteiger partial charge in [-0.2, -0.15) is 0 Å². The molecule has 4 nitrogen and oxygen atoms in total. The van der Waals surface area contributed by atoms with Crippen molar-refractivity contribution in [1.82, 2.24) is 0 Å². The van der Waals surface area contributed by atoms with Crippen molar-refractivity contribution in [2.24, 2.45) is 0 Å². The Bertz CT molecular complexity index is 472. The molecule has 0 aliphatic carbocycles. The molecule has 0 bridgehead atoms. The molecule has 0 saturated carbocycles. The maximum atomic E-state index is 11.2. The molecule has 0 radical (unpaired) electrons. The number of halogens is 1. The summed E-state index contributed by atoms with van der Waals surface area (Å²) in [5.41, 5.74) is 0.873. The number of hydrogen-bond acceptors (Lipinski definition) is 4. The summed E-state index contributed by atoms with van der Waals surface area (Å²) in [7, 11) is -3.19. The third-order valence-corrected chi connectivity index (χ3v) is 3.47. The molecule has 2 N–H and O–H groups in total. The largest absolute Gasteiger partial charge is 0.389 e. The average Bonchev–Trinajstić information content (AvgIpc) is 2.25. The standard InChI is InChI=1S/C11H15ClO4S/c1-17(15,16)7-8-4-2-3-5-9(8)11(14)10(13)6-12/h2-5,10-11,13-14H,6-7H2,1H3. The molecule has 1 aromatic carbocycles. The van der Waals surface area contributed by atoms with E-state index >= 15 is 0 Å². The van der Waals surface area contributed by atoms with Crippen molar-refractivity contribution in [3.63, 3.8) is 0 Å². The van der Waals surface area contributed by atoms with Gasteiger partial charge in [0.15, 0.2) is 9.84 Å². The number of rotatable bonds is 5. The van der Waals surface area contributed by atoms with Crippen molar-refractivity contribution >= 4 is 21.4 Å². The van der Waals surface area contributed by atoms with Gasteiger partial charge in [-0.05, 0) is 11.1 Å². The van der Waals surface area contributed by atoms with Crippen molar-refractivity contribution in [1.29, 1.82) is 0 Å². The van der Waals surface area contributed by atoms with Gasteiger partial charge in [0.1, 0.15) is 6.10 Å². The minimum Gasteiger partial charge on any atom is -0.389 e. The summed E-state index contributed by atoms with van der Waals surface area (Å²) in [5, 5.41) is 19.3. The molecule has 96 valence electrons. The van der Waals surface area contributed by atoms with Gasteiger partial charge in [0.2, 0.25) is 0 Å². The Morgan fingerprint density at radius 1 is 1.29 bits per heavy atom. The highest BCUT2D eigenvalue weighted by Gasteiger charge is 2.21. The molecular formula is C11H15ClO4S. The third kappa shape index (κ3) is 4.27. The normalized spacial score (nSPS) is 15.5. The van der Waals surface area contributed by atoms with Crippen LogP contribution in [0.4, 0.5) is 0 Å². The Labute approximate surface area is 106 Å². The molecule has 0 aromatic heterocycles. The number of alkyl halides is 1. The summed E-state index contributed by atoms with van der Waals surface area (Å²) in [6.07, 6.45) is -1.17. The van der Waals surface area contributed by atoms with E-state index in [4.69, 9.17) is 11.6 Å². The quantitative estimate of drug-likeness (QED) is 0.784. The van der Waals surface area contributed by atoms with E-state index in [2.05, 4.69) is 0 Å². The zero-order valence-corrected chi connectivity index (χ0v) is 10.9. The molecule has 0 saturated heterocycles. The Balaban J connectivity index is 3.07. The second-order valence-electron chi connectivity index (χ2n) is 3.94. The first-order valence-corrected chi connectivity index (χ1v) is 7.62. The van der Waals surface area contributed by atoms with Crippen molar-refractivity contribution in [3.8, 4) is 0 Å². The van der Waals surface area contributed by atoms with E-state index in [1.165, 1.54) is 0 Å². The highest BCUT2D eigenvalue weighted by Crippen LogP contribution is 2.23. The van der Waals surface area contributed by atoms with Gasteiger partial charge in [0.05, 0.1) is 17.7 Å². The smallest absolute Gasteiger partial charge is 0.151 e. The van der Waals surface area contributed by atoms with Gasteiger partial charge >= 0.3 is 0 Å². The van der Waals surface area contributed by atoms with Gasteiger partial charge in [0, 0.05) is 6.26 Å². The fourth-order valence-corrected chi connectivity index (χ4v) is 2.52. The molecule has 6 heteroatoms. The fourth-order valence-electron chi connectivity index (χ4n) is 1.53. The maximum absolute atomic E-state index is 11.2. The van der Waals surface area contributed by atoms with Crippen LogP contribution in [0.5, 0.6) is 0 Å². The lowest BCUT2D eigenvalue weighted by molar-refractivity contribution is 0.0323. The predicted molar refractivity (Wildman–Crippen MR) is 66.7 cm³/mol. The number of aliphatic hydroxyl groups is 2. The third-order valence-electron chi connectivity index (χ3n) is 2.31. The maximum Gasteiger partial charge on any atom is 0.151 e. The van der Waals surface area contributed by atoms with Crippen molar-refractivity contribution in [2.45, 2.75) is 18.0 Å². The van der Waals surface area contributed by atoms with Gasteiger partial charge in [-0.1, -0.05) is 24.3 Å². The van der Waals surface area contributed by atoms with Gasteiger partial charge in [-0.15, -0.1) is 11.6 Å². The van der Waals surface area contributed by atoms with Crippen molar-refractivity contribution < 1.29 is 18.6 Å². The van der Waals surface area contributed by atoms with Crippen LogP contribution in [0.2, 0.25) is 0 Å². The molecule has 1 rings (SSSR count). The summed E-state index contributed by atoms with van der Waals surface area (Å²) in [6.45, 7) is 0. The molecule has 0 spiro atoms. The highest BCUT2D eigenvalue weighted by atomic mass is 35.5. The lowest BCUT2D eigenvalue weighted by Crippen LogP contribution is -2.21. The van der Waals surface area contributed by atoms with E-state index in [0.717, 1.165) is 6.26 Å². The Kier molecular flexibility index (Phi) is 4.94. The Morgan fingerprint density at radius 2 is 1.88 bits per heavy atom. The molecule has 0 amide bonds. The van der Waals surface area contributed by atoms with Crippen LogP contribution < -0.4 is 0 Å². The summed E-state index contributed by atoms with van der Waals surface area (Å²) in [4.78, 5) is 0. The lowest BCUT2D eigenvalue weighted by Gasteiger charge is -2.18. The van der Waals surface area contributed by atoms with Crippen LogP contribution in [0, 0.1) is 0 Å². The molecule has 2 atom stereocenters. The second-order valence-corrected chi connectivity index (χ2v) is 6.38. The number of sulfone groups is 1. The van der Waals surface area contributed by atoms with E-state index in [0.29, 0.717) is 11.1 Å². The number of hydrogen-bond donors (Lipinski definition) is 2. The van der Waals surface area contributed by atoms with Gasteiger partial charge in [0.25, 0.3) is 0 Å². The van der Waals surface area contributed by atoms with Crippen LogP contribution in [-0.2, 0) is 15.6 Å². The van der Waals surface area contributed by atoms with Crippen LogP contribution in [-0.4, -0.2) is 36.9 Å². The summed E-state index contributed by atoms with van der Waals surface area (Å²) in [6, 6.07) is 6.55. The zero-order valence-electron chi connectivity index (χ0n) is 9.38. The molecule has 17 heavy (non-hydrogen) atoms. The van der Waals surface area contributed by atoms with Gasteiger partial charge in [-0.3, -0.25) is 0 Å². The molecule has 1 aromatic rings. The molecule has 0 aliphatic rings. The molecule has 0 heterocycles. The molecule has 2 unspecified atom stereocenters. The minimum absolute atomic E-state index is 0.117. The van der Waals surface area contributed by atoms with Crippen LogP contribution in [0.15, 0.2) is 24.3 Å². The lowest BCUT2D eigenvalue weighted by atomic mass is 10.0. The molecule has 0 aliphatic heterocycles. The van der Waals surface area contributed by atoms with Crippen molar-refractivity contribution in [3.05, 3.63) is 35.4 Å². The van der Waals surface area contributed by atoms with E-state index < -0.39 is 22.0 Å². The number of benzene rings is 1. The van der Waals surface area contributed by atoms with Crippen molar-refractivity contribution in [2.75, 3.05) is 12.1 Å². The minimum atomic E-state index is -3.19. The van der Waals surface area contributed by atoms with Crippen LogP contribution in [0.25, 0.3) is 0 Å². The first kappa shape index (κ1) is 14.4. The van der Waals surface area contributed by atoms with Crippen LogP contribution in [0.1, 0.15) is 17.2 Å². The Morgan fingerprint density at radius 3 is 2.41 bits per heavy atom. The van der Waals surface area contributed by atoms with Crippen LogP contribution >= 0.6 is 11.6 Å². The van der Waals surface area contributed by atoms with E-state index in [9.17, 15) is 18.6 Å². The summed E-state index contributed by atoms with van der Waals surface area (Å²) < 4.78 is 22.5. The van der Waals surface area contributed by atoms with Gasteiger partial charge in [-0.25, -0.2) is 8.42 Å². The van der Waals surface area contributed by atoms with E-state index in [-0.39, 0.29) is 11.6 Å². The summed E-state index contributed by atoms with van der Waals surface area (Å²) in [5.74, 6) is -0.288. The topological polar surface area (TPSA) is 74.6 Å². The average molecular weight is 279 g/mol. The first-order chi connectivity index (χ1) is 7.85. The predicted octanol–water partition coefficient (Wildman–Crippen LogP) is 0.864. The first-order valence-electron chi connectivity index (χ1n) is 5.03. The molecular weight excluding hydrogens is 264 g/mol. The highest BCUT2D eigenvalue weighted by molar-refractivity contribution is 7.89. The molecule has 0 fully saturated rings. The van der Waals surface area contributed by atoms with E-state index in [1.807, 2.05) is 0 Å². The zero-order chi connectivity index (χ0) is 13.1. The van der Waals surface area contributed by atoms with Gasteiger partial charge < -0.3 is 10.2 Å². The summed E-state index contributed by atoms with van der Waals surface area (Å²) >= 11 is 5.45. The van der Waals surface area contributed by atoms with E-state index in [1.54, 1.807) is 24.3 Å². The monoisotopic (exact) mass is 278 g/mol. The van der Waals surface area contributed by atoms with Crippen LogP contribution in [0.3, 0.4) is 0 Å². The SMILES string of the molecule is CS(=O)(=O)Cc1ccccc1C(O)C(O)CCl. The fraction of sp³-hybridized carbons (Fsp3) is 0.455. The Hall–Kier alpha value is -0.620. The number of aliphatic hydroxyl groups excluding tert-OH is 2.